The van der Waals surface area contributed by atoms with Crippen molar-refractivity contribution in [2.45, 2.75) is 19.9 Å². The highest BCUT2D eigenvalue weighted by Crippen LogP contribution is 2.26. The van der Waals surface area contributed by atoms with Crippen LogP contribution in [0, 0.1) is 0 Å². The first kappa shape index (κ1) is 13.9. The van der Waals surface area contributed by atoms with Crippen LogP contribution in [0.15, 0.2) is 53.0 Å². The molecule has 100 valence electrons. The summed E-state index contributed by atoms with van der Waals surface area (Å²) in [6.07, 6.45) is 0. The van der Waals surface area contributed by atoms with E-state index in [1.54, 1.807) is 0 Å². The second-order valence-electron chi connectivity index (χ2n) is 4.34. The van der Waals surface area contributed by atoms with Crippen LogP contribution < -0.4 is 10.1 Å². The average molecular weight is 320 g/mol. The van der Waals surface area contributed by atoms with Gasteiger partial charge in [0.15, 0.2) is 0 Å². The van der Waals surface area contributed by atoms with Gasteiger partial charge in [0.1, 0.15) is 5.75 Å². The molecule has 0 aliphatic carbocycles. The predicted octanol–water partition coefficient (Wildman–Crippen LogP) is 5.02. The van der Waals surface area contributed by atoms with Gasteiger partial charge in [0.05, 0.1) is 6.61 Å². The molecule has 1 atom stereocenters. The molecule has 0 spiro atoms. The van der Waals surface area contributed by atoms with Crippen molar-refractivity contribution in [3.8, 4) is 5.75 Å². The van der Waals surface area contributed by atoms with Crippen LogP contribution in [0.25, 0.3) is 0 Å². The summed E-state index contributed by atoms with van der Waals surface area (Å²) < 4.78 is 6.56. The molecule has 0 aromatic heterocycles. The van der Waals surface area contributed by atoms with E-state index < -0.39 is 0 Å². The van der Waals surface area contributed by atoms with Gasteiger partial charge in [0.25, 0.3) is 0 Å². The number of halogens is 1. The van der Waals surface area contributed by atoms with Crippen molar-refractivity contribution < 1.29 is 4.74 Å². The Hall–Kier alpha value is -1.48. The molecule has 3 heteroatoms. The van der Waals surface area contributed by atoms with E-state index in [-0.39, 0.29) is 6.04 Å². The maximum Gasteiger partial charge on any atom is 0.119 e. The molecule has 0 aliphatic heterocycles. The van der Waals surface area contributed by atoms with Gasteiger partial charge < -0.3 is 10.1 Å². The minimum atomic E-state index is 0.244. The van der Waals surface area contributed by atoms with Crippen LogP contribution >= 0.6 is 15.9 Å². The molecule has 0 fully saturated rings. The lowest BCUT2D eigenvalue weighted by Gasteiger charge is -2.17. The van der Waals surface area contributed by atoms with Crippen LogP contribution in [0.5, 0.6) is 5.75 Å². The van der Waals surface area contributed by atoms with Crippen LogP contribution in [-0.2, 0) is 0 Å². The number of hydrogen-bond donors (Lipinski definition) is 1. The normalized spacial score (nSPS) is 11.9. The number of ether oxygens (including phenoxy) is 1. The summed E-state index contributed by atoms with van der Waals surface area (Å²) in [7, 11) is 0. The minimum absolute atomic E-state index is 0.244. The Morgan fingerprint density at radius 3 is 2.42 bits per heavy atom. The van der Waals surface area contributed by atoms with E-state index >= 15 is 0 Å². The average Bonchev–Trinajstić information content (AvgIpc) is 2.42. The molecule has 0 amide bonds. The fraction of sp³-hybridized carbons (Fsp3) is 0.250. The first-order valence-electron chi connectivity index (χ1n) is 6.44. The lowest BCUT2D eigenvalue weighted by molar-refractivity contribution is 0.340. The second-order valence-corrected chi connectivity index (χ2v) is 5.20. The quantitative estimate of drug-likeness (QED) is 0.835. The molecule has 0 saturated heterocycles. The zero-order valence-corrected chi connectivity index (χ0v) is 12.8. The van der Waals surface area contributed by atoms with Crippen molar-refractivity contribution in [2.24, 2.45) is 0 Å². The van der Waals surface area contributed by atoms with Crippen LogP contribution in [0.3, 0.4) is 0 Å². The Kier molecular flexibility index (Phi) is 4.86. The number of nitrogens with one attached hydrogen (secondary N) is 1. The Balaban J connectivity index is 2.06. The summed E-state index contributed by atoms with van der Waals surface area (Å²) in [5, 5.41) is 3.48. The van der Waals surface area contributed by atoms with Crippen molar-refractivity contribution in [2.75, 3.05) is 11.9 Å². The van der Waals surface area contributed by atoms with Crippen molar-refractivity contribution >= 4 is 21.6 Å². The Morgan fingerprint density at radius 2 is 1.79 bits per heavy atom. The van der Waals surface area contributed by atoms with Gasteiger partial charge in [-0.1, -0.05) is 34.1 Å². The van der Waals surface area contributed by atoms with Crippen molar-refractivity contribution in [1.82, 2.24) is 0 Å². The fourth-order valence-corrected chi connectivity index (χ4v) is 2.60. The van der Waals surface area contributed by atoms with Crippen molar-refractivity contribution in [3.63, 3.8) is 0 Å². The largest absolute Gasteiger partial charge is 0.494 e. The van der Waals surface area contributed by atoms with Gasteiger partial charge >= 0.3 is 0 Å². The molecular weight excluding hydrogens is 302 g/mol. The van der Waals surface area contributed by atoms with E-state index in [4.69, 9.17) is 4.74 Å². The zero-order valence-electron chi connectivity index (χ0n) is 11.2. The summed E-state index contributed by atoms with van der Waals surface area (Å²) in [6, 6.07) is 16.6. The molecular formula is C16H18BrNO. The standard InChI is InChI=1S/C16H18BrNO/c1-3-19-14-10-8-13(9-11-14)18-12(2)15-6-4-5-7-16(15)17/h4-12,18H,3H2,1-2H3. The maximum atomic E-state index is 5.43. The predicted molar refractivity (Wildman–Crippen MR) is 83.8 cm³/mol. The first-order valence-corrected chi connectivity index (χ1v) is 7.24. The molecule has 2 nitrogen and oxygen atoms in total. The lowest BCUT2D eigenvalue weighted by atomic mass is 10.1. The van der Waals surface area contributed by atoms with Gasteiger partial charge in [-0.2, -0.15) is 0 Å². The smallest absolute Gasteiger partial charge is 0.119 e. The van der Waals surface area contributed by atoms with E-state index in [9.17, 15) is 0 Å². The first-order chi connectivity index (χ1) is 9.20. The molecule has 0 heterocycles. The summed E-state index contributed by atoms with van der Waals surface area (Å²) in [5.41, 5.74) is 2.34. The van der Waals surface area contributed by atoms with E-state index in [2.05, 4.69) is 46.4 Å². The number of rotatable bonds is 5. The zero-order chi connectivity index (χ0) is 13.7. The van der Waals surface area contributed by atoms with Crippen LogP contribution in [0.2, 0.25) is 0 Å². The molecule has 2 aromatic rings. The topological polar surface area (TPSA) is 21.3 Å². The van der Waals surface area contributed by atoms with Gasteiger partial charge in [-0.05, 0) is 49.7 Å². The van der Waals surface area contributed by atoms with Gasteiger partial charge in [-0.15, -0.1) is 0 Å². The second kappa shape index (κ2) is 6.62. The third-order valence-corrected chi connectivity index (χ3v) is 3.64. The van der Waals surface area contributed by atoms with E-state index in [1.165, 1.54) is 5.56 Å². The highest BCUT2D eigenvalue weighted by atomic mass is 79.9. The summed E-state index contributed by atoms with van der Waals surface area (Å²) in [6.45, 7) is 4.83. The van der Waals surface area contributed by atoms with E-state index in [1.807, 2.05) is 37.3 Å². The highest BCUT2D eigenvalue weighted by Gasteiger charge is 2.08. The monoisotopic (exact) mass is 319 g/mol. The molecule has 19 heavy (non-hydrogen) atoms. The molecule has 0 bridgehead atoms. The molecule has 0 radical (unpaired) electrons. The number of anilines is 1. The molecule has 2 aromatic carbocycles. The van der Waals surface area contributed by atoms with Gasteiger partial charge in [0.2, 0.25) is 0 Å². The summed E-state index contributed by atoms with van der Waals surface area (Å²) >= 11 is 3.58. The molecule has 1 N–H and O–H groups in total. The Morgan fingerprint density at radius 1 is 1.11 bits per heavy atom. The summed E-state index contributed by atoms with van der Waals surface area (Å²) in [5.74, 6) is 0.904. The molecule has 0 aliphatic rings. The van der Waals surface area contributed by atoms with E-state index in [0.717, 1.165) is 15.9 Å². The molecule has 1 unspecified atom stereocenters. The van der Waals surface area contributed by atoms with Crippen molar-refractivity contribution in [1.29, 1.82) is 0 Å². The van der Waals surface area contributed by atoms with Crippen molar-refractivity contribution in [3.05, 3.63) is 58.6 Å². The Labute approximate surface area is 122 Å². The maximum absolute atomic E-state index is 5.43. The third-order valence-electron chi connectivity index (χ3n) is 2.92. The lowest BCUT2D eigenvalue weighted by Crippen LogP contribution is -2.07. The minimum Gasteiger partial charge on any atom is -0.494 e. The summed E-state index contributed by atoms with van der Waals surface area (Å²) in [4.78, 5) is 0. The SMILES string of the molecule is CCOc1ccc(NC(C)c2ccccc2Br)cc1. The fourth-order valence-electron chi connectivity index (χ4n) is 1.97. The highest BCUT2D eigenvalue weighted by molar-refractivity contribution is 9.10. The molecule has 0 saturated carbocycles. The third kappa shape index (κ3) is 3.74. The van der Waals surface area contributed by atoms with Gasteiger partial charge in [-0.3, -0.25) is 0 Å². The van der Waals surface area contributed by atoms with Crippen LogP contribution in [-0.4, -0.2) is 6.61 Å². The van der Waals surface area contributed by atoms with Gasteiger partial charge in [-0.25, -0.2) is 0 Å². The van der Waals surface area contributed by atoms with Crippen LogP contribution in [0.1, 0.15) is 25.5 Å². The van der Waals surface area contributed by atoms with Crippen LogP contribution in [0.4, 0.5) is 5.69 Å². The Bertz CT molecular complexity index is 525. The number of benzene rings is 2. The van der Waals surface area contributed by atoms with E-state index in [0.29, 0.717) is 6.61 Å². The molecule has 2 rings (SSSR count). The number of hydrogen-bond acceptors (Lipinski definition) is 2. The van der Waals surface area contributed by atoms with Gasteiger partial charge in [0, 0.05) is 16.2 Å².